The van der Waals surface area contributed by atoms with E-state index in [9.17, 15) is 9.59 Å². The number of aliphatic carboxylic acids is 1. The van der Waals surface area contributed by atoms with E-state index >= 15 is 0 Å². The van der Waals surface area contributed by atoms with Gasteiger partial charge in [-0.05, 0) is 6.92 Å². The van der Waals surface area contributed by atoms with Crippen LogP contribution >= 0.6 is 11.3 Å². The Kier molecular flexibility index (Phi) is 3.35. The molecule has 1 heterocycles. The summed E-state index contributed by atoms with van der Waals surface area (Å²) in [6.07, 6.45) is 0. The Labute approximate surface area is 83.2 Å². The Hall–Kier alpha value is -1.70. The number of carboxylic acids is 1. The Morgan fingerprint density at radius 2 is 2.21 bits per heavy atom. The standard InChI is InChI=1S/C6H8N4O3S/c1-3-9-10-6(14-3)8-5(13)7-2-4(11)12/h2H2,1H3,(H,11,12)(H2,7,8,10,13). The number of amides is 2. The van der Waals surface area contributed by atoms with Gasteiger partial charge in [-0.15, -0.1) is 10.2 Å². The summed E-state index contributed by atoms with van der Waals surface area (Å²) >= 11 is 1.21. The second-order valence-corrected chi connectivity index (χ2v) is 3.51. The molecular weight excluding hydrogens is 208 g/mol. The quantitative estimate of drug-likeness (QED) is 0.662. The highest BCUT2D eigenvalue weighted by atomic mass is 32.1. The summed E-state index contributed by atoms with van der Waals surface area (Å²) in [5.41, 5.74) is 0. The predicted octanol–water partition coefficient (Wildman–Crippen LogP) is 0.0526. The summed E-state index contributed by atoms with van der Waals surface area (Å²) in [5.74, 6) is -1.10. The maximum atomic E-state index is 11.0. The van der Waals surface area contributed by atoms with Gasteiger partial charge in [0.05, 0.1) is 0 Å². The Morgan fingerprint density at radius 3 is 2.71 bits per heavy atom. The molecule has 76 valence electrons. The molecule has 0 saturated heterocycles. The SMILES string of the molecule is Cc1nnc(NC(=O)NCC(=O)O)s1. The van der Waals surface area contributed by atoms with Gasteiger partial charge >= 0.3 is 12.0 Å². The molecule has 0 aromatic carbocycles. The number of carboxylic acid groups (broad SMARTS) is 1. The summed E-state index contributed by atoms with van der Waals surface area (Å²) in [6.45, 7) is 1.32. The fourth-order valence-electron chi connectivity index (χ4n) is 0.644. The molecule has 0 unspecified atom stereocenters. The lowest BCUT2D eigenvalue weighted by atomic mass is 10.6. The zero-order valence-electron chi connectivity index (χ0n) is 7.27. The molecule has 2 amide bonds. The third-order valence-corrected chi connectivity index (χ3v) is 1.90. The average molecular weight is 216 g/mol. The number of rotatable bonds is 3. The van der Waals surface area contributed by atoms with Crippen molar-refractivity contribution >= 4 is 28.5 Å². The molecular formula is C6H8N4O3S. The number of nitrogens with one attached hydrogen (secondary N) is 2. The number of aromatic nitrogens is 2. The molecule has 0 aliphatic carbocycles. The van der Waals surface area contributed by atoms with Gasteiger partial charge in [0.25, 0.3) is 0 Å². The Balaban J connectivity index is 2.37. The molecule has 0 saturated carbocycles. The topological polar surface area (TPSA) is 104 Å². The molecule has 0 fully saturated rings. The number of hydrogen-bond acceptors (Lipinski definition) is 5. The van der Waals surface area contributed by atoms with Crippen LogP contribution in [0, 0.1) is 6.92 Å². The van der Waals surface area contributed by atoms with Crippen LogP contribution < -0.4 is 10.6 Å². The molecule has 1 aromatic rings. The molecule has 1 aromatic heterocycles. The van der Waals surface area contributed by atoms with E-state index in [1.165, 1.54) is 11.3 Å². The fraction of sp³-hybridized carbons (Fsp3) is 0.333. The first kappa shape index (κ1) is 10.4. The smallest absolute Gasteiger partial charge is 0.323 e. The lowest BCUT2D eigenvalue weighted by molar-refractivity contribution is -0.135. The first-order valence-electron chi connectivity index (χ1n) is 3.64. The van der Waals surface area contributed by atoms with E-state index in [1.54, 1.807) is 6.92 Å². The van der Waals surface area contributed by atoms with Crippen LogP contribution in [0.3, 0.4) is 0 Å². The van der Waals surface area contributed by atoms with Gasteiger partial charge in [0, 0.05) is 0 Å². The van der Waals surface area contributed by atoms with Crippen LogP contribution in [0.5, 0.6) is 0 Å². The third kappa shape index (κ3) is 3.35. The minimum Gasteiger partial charge on any atom is -0.480 e. The second-order valence-electron chi connectivity index (χ2n) is 2.33. The molecule has 7 nitrogen and oxygen atoms in total. The Bertz CT molecular complexity index is 351. The number of urea groups is 1. The highest BCUT2D eigenvalue weighted by molar-refractivity contribution is 7.15. The lowest BCUT2D eigenvalue weighted by Gasteiger charge is -2.00. The van der Waals surface area contributed by atoms with Gasteiger partial charge in [-0.3, -0.25) is 10.1 Å². The monoisotopic (exact) mass is 216 g/mol. The van der Waals surface area contributed by atoms with E-state index in [0.717, 1.165) is 5.01 Å². The van der Waals surface area contributed by atoms with Crippen molar-refractivity contribution in [3.63, 3.8) is 0 Å². The van der Waals surface area contributed by atoms with Crippen LogP contribution in [0.15, 0.2) is 0 Å². The van der Waals surface area contributed by atoms with Crippen LogP contribution in [0.1, 0.15) is 5.01 Å². The van der Waals surface area contributed by atoms with Crippen LogP contribution in [0.2, 0.25) is 0 Å². The molecule has 0 spiro atoms. The van der Waals surface area contributed by atoms with Crippen LogP contribution in [0.25, 0.3) is 0 Å². The molecule has 8 heteroatoms. The molecule has 0 aliphatic heterocycles. The van der Waals surface area contributed by atoms with Crippen molar-refractivity contribution < 1.29 is 14.7 Å². The number of carbonyl (C=O) groups excluding carboxylic acids is 1. The average Bonchev–Trinajstić information content (AvgIpc) is 2.48. The molecule has 0 aliphatic rings. The summed E-state index contributed by atoms with van der Waals surface area (Å²) < 4.78 is 0. The molecule has 3 N–H and O–H groups in total. The summed E-state index contributed by atoms with van der Waals surface area (Å²) in [5, 5.41) is 21.1. The van der Waals surface area contributed by atoms with Gasteiger partial charge in [0.1, 0.15) is 11.6 Å². The van der Waals surface area contributed by atoms with E-state index in [0.29, 0.717) is 5.13 Å². The fourth-order valence-corrected chi connectivity index (χ4v) is 1.23. The van der Waals surface area contributed by atoms with Gasteiger partial charge in [-0.1, -0.05) is 11.3 Å². The number of hydrogen-bond donors (Lipinski definition) is 3. The number of carbonyl (C=O) groups is 2. The van der Waals surface area contributed by atoms with Gasteiger partial charge in [-0.2, -0.15) is 0 Å². The minimum atomic E-state index is -1.10. The maximum absolute atomic E-state index is 11.0. The first-order chi connectivity index (χ1) is 6.58. The predicted molar refractivity (Wildman–Crippen MR) is 49.3 cm³/mol. The number of anilines is 1. The number of nitrogens with zero attached hydrogens (tertiary/aromatic N) is 2. The van der Waals surface area contributed by atoms with Crippen LogP contribution in [0.4, 0.5) is 9.93 Å². The highest BCUT2D eigenvalue weighted by Crippen LogP contribution is 2.12. The Morgan fingerprint density at radius 1 is 1.50 bits per heavy atom. The number of aryl methyl sites for hydroxylation is 1. The van der Waals surface area contributed by atoms with Gasteiger partial charge in [0.15, 0.2) is 0 Å². The van der Waals surface area contributed by atoms with E-state index in [1.807, 2.05) is 0 Å². The van der Waals surface area contributed by atoms with Crippen LogP contribution in [-0.2, 0) is 4.79 Å². The highest BCUT2D eigenvalue weighted by Gasteiger charge is 2.06. The van der Waals surface area contributed by atoms with Crippen molar-refractivity contribution in [2.24, 2.45) is 0 Å². The van der Waals surface area contributed by atoms with Crippen molar-refractivity contribution in [3.8, 4) is 0 Å². The summed E-state index contributed by atoms with van der Waals surface area (Å²) in [4.78, 5) is 21.1. The molecule has 0 bridgehead atoms. The zero-order chi connectivity index (χ0) is 10.6. The third-order valence-electron chi connectivity index (χ3n) is 1.15. The van der Waals surface area contributed by atoms with Crippen molar-refractivity contribution in [2.45, 2.75) is 6.92 Å². The van der Waals surface area contributed by atoms with Crippen molar-refractivity contribution in [3.05, 3.63) is 5.01 Å². The second kappa shape index (κ2) is 4.51. The largest absolute Gasteiger partial charge is 0.480 e. The molecule has 1 rings (SSSR count). The van der Waals surface area contributed by atoms with Crippen molar-refractivity contribution in [2.75, 3.05) is 11.9 Å². The maximum Gasteiger partial charge on any atom is 0.323 e. The van der Waals surface area contributed by atoms with Gasteiger partial charge in [-0.25, -0.2) is 4.79 Å². The van der Waals surface area contributed by atoms with E-state index < -0.39 is 18.5 Å². The van der Waals surface area contributed by atoms with Crippen molar-refractivity contribution in [1.29, 1.82) is 0 Å². The lowest BCUT2D eigenvalue weighted by Crippen LogP contribution is -2.33. The zero-order valence-corrected chi connectivity index (χ0v) is 8.09. The minimum absolute atomic E-state index is 0.338. The normalized spacial score (nSPS) is 9.50. The molecule has 14 heavy (non-hydrogen) atoms. The summed E-state index contributed by atoms with van der Waals surface area (Å²) in [7, 11) is 0. The summed E-state index contributed by atoms with van der Waals surface area (Å²) in [6, 6.07) is -0.608. The van der Waals surface area contributed by atoms with Crippen LogP contribution in [-0.4, -0.2) is 33.8 Å². The molecule has 0 radical (unpaired) electrons. The van der Waals surface area contributed by atoms with Crippen molar-refractivity contribution in [1.82, 2.24) is 15.5 Å². The van der Waals surface area contributed by atoms with Gasteiger partial charge < -0.3 is 10.4 Å². The van der Waals surface area contributed by atoms with E-state index in [4.69, 9.17) is 5.11 Å². The van der Waals surface area contributed by atoms with E-state index in [2.05, 4.69) is 20.8 Å². The van der Waals surface area contributed by atoms with Gasteiger partial charge in [0.2, 0.25) is 5.13 Å². The van der Waals surface area contributed by atoms with E-state index in [-0.39, 0.29) is 0 Å². The first-order valence-corrected chi connectivity index (χ1v) is 4.46. The molecule has 0 atom stereocenters.